The first-order valence-corrected chi connectivity index (χ1v) is 11.2. The molecule has 6 nitrogen and oxygen atoms in total. The number of hydrogen-bond donors (Lipinski definition) is 0. The van der Waals surface area contributed by atoms with Crippen molar-refractivity contribution >= 4 is 32.6 Å². The number of rotatable bonds is 8. The molecular weight excluding hydrogens is 382 g/mol. The molecular formula is C22H31N5OS. The summed E-state index contributed by atoms with van der Waals surface area (Å²) in [5.41, 5.74) is 4.80. The Hall–Kier alpha value is -2.25. The summed E-state index contributed by atoms with van der Waals surface area (Å²) in [4.78, 5) is 22.6. The topological polar surface area (TPSA) is 54.3 Å². The lowest BCUT2D eigenvalue weighted by molar-refractivity contribution is 0.0973. The Morgan fingerprint density at radius 2 is 1.76 bits per heavy atom. The number of amides is 1. The van der Waals surface area contributed by atoms with Crippen molar-refractivity contribution in [1.82, 2.24) is 19.7 Å². The summed E-state index contributed by atoms with van der Waals surface area (Å²) in [6.07, 6.45) is 0. The predicted molar refractivity (Wildman–Crippen MR) is 121 cm³/mol. The van der Waals surface area contributed by atoms with Gasteiger partial charge in [-0.3, -0.25) is 14.4 Å². The Morgan fingerprint density at radius 3 is 2.38 bits per heavy atom. The maximum absolute atomic E-state index is 13.6. The second-order valence-electron chi connectivity index (χ2n) is 7.34. The first-order chi connectivity index (χ1) is 13.9. The van der Waals surface area contributed by atoms with E-state index < -0.39 is 0 Å². The fourth-order valence-corrected chi connectivity index (χ4v) is 4.66. The van der Waals surface area contributed by atoms with Gasteiger partial charge in [-0.1, -0.05) is 37.3 Å². The van der Waals surface area contributed by atoms with E-state index in [1.54, 1.807) is 16.0 Å². The van der Waals surface area contributed by atoms with E-state index >= 15 is 0 Å². The second kappa shape index (κ2) is 9.05. The zero-order chi connectivity index (χ0) is 21.1. The van der Waals surface area contributed by atoms with Crippen LogP contribution in [0.2, 0.25) is 0 Å². The maximum Gasteiger partial charge on any atom is 0.278 e. The van der Waals surface area contributed by atoms with Crippen LogP contribution in [0.5, 0.6) is 0 Å². The molecule has 0 N–H and O–H groups in total. The monoisotopic (exact) mass is 413 g/mol. The molecule has 0 aliphatic carbocycles. The van der Waals surface area contributed by atoms with Crippen LogP contribution in [0, 0.1) is 20.8 Å². The number of fused-ring (bicyclic) bond motifs is 1. The second-order valence-corrected chi connectivity index (χ2v) is 8.32. The predicted octanol–water partition coefficient (Wildman–Crippen LogP) is 4.43. The van der Waals surface area contributed by atoms with Crippen molar-refractivity contribution in [2.75, 3.05) is 31.1 Å². The molecule has 3 rings (SSSR count). The molecule has 0 saturated carbocycles. The molecule has 0 atom stereocenters. The third-order valence-electron chi connectivity index (χ3n) is 5.36. The van der Waals surface area contributed by atoms with E-state index in [9.17, 15) is 4.79 Å². The van der Waals surface area contributed by atoms with Crippen LogP contribution < -0.4 is 4.90 Å². The number of hydrogen-bond acceptors (Lipinski definition) is 5. The Morgan fingerprint density at radius 1 is 1.07 bits per heavy atom. The van der Waals surface area contributed by atoms with Gasteiger partial charge in [-0.2, -0.15) is 5.10 Å². The minimum absolute atomic E-state index is 0.0334. The van der Waals surface area contributed by atoms with Gasteiger partial charge in [-0.25, -0.2) is 4.98 Å². The quantitative estimate of drug-likeness (QED) is 0.548. The van der Waals surface area contributed by atoms with Gasteiger partial charge in [0.1, 0.15) is 5.69 Å². The average molecular weight is 414 g/mol. The molecule has 0 unspecified atom stereocenters. The van der Waals surface area contributed by atoms with Crippen LogP contribution in [0.1, 0.15) is 48.1 Å². The number of benzene rings is 1. The van der Waals surface area contributed by atoms with Gasteiger partial charge in [-0.15, -0.1) is 0 Å². The molecule has 0 radical (unpaired) electrons. The highest BCUT2D eigenvalue weighted by Gasteiger charge is 2.25. The number of carbonyl (C=O) groups excluding carboxylic acids is 1. The fraction of sp³-hybridized carbons (Fsp3) is 0.500. The van der Waals surface area contributed by atoms with Crippen molar-refractivity contribution in [3.63, 3.8) is 0 Å². The molecule has 29 heavy (non-hydrogen) atoms. The van der Waals surface area contributed by atoms with Crippen LogP contribution in [0.15, 0.2) is 18.2 Å². The van der Waals surface area contributed by atoms with E-state index in [-0.39, 0.29) is 5.91 Å². The highest BCUT2D eigenvalue weighted by molar-refractivity contribution is 7.22. The minimum Gasteiger partial charge on any atom is -0.302 e. The highest BCUT2D eigenvalue weighted by Crippen LogP contribution is 2.33. The van der Waals surface area contributed by atoms with E-state index in [1.165, 1.54) is 5.56 Å². The number of aromatic nitrogens is 3. The van der Waals surface area contributed by atoms with Crippen LogP contribution in [0.25, 0.3) is 10.2 Å². The van der Waals surface area contributed by atoms with Crippen molar-refractivity contribution in [2.24, 2.45) is 0 Å². The standard InChI is InChI=1S/C22H31N5OS/c1-7-25(8-2)12-13-26(21(28)18-14-17(6)24-27(18)9-3)22-23-19-15(4)10-11-16(5)20(19)29-22/h10-11,14H,7-9,12-13H2,1-6H3. The SMILES string of the molecule is CCN(CC)CCN(C(=O)c1cc(C)nn1CC)c1nc2c(C)ccc(C)c2s1. The molecule has 1 amide bonds. The van der Waals surface area contributed by atoms with Crippen molar-refractivity contribution in [2.45, 2.75) is 48.1 Å². The average Bonchev–Trinajstić information content (AvgIpc) is 3.32. The zero-order valence-corrected chi connectivity index (χ0v) is 19.1. The summed E-state index contributed by atoms with van der Waals surface area (Å²) in [7, 11) is 0. The van der Waals surface area contributed by atoms with Gasteiger partial charge >= 0.3 is 0 Å². The van der Waals surface area contributed by atoms with Gasteiger partial charge in [0.2, 0.25) is 0 Å². The van der Waals surface area contributed by atoms with Gasteiger partial charge in [0.25, 0.3) is 5.91 Å². The normalized spacial score (nSPS) is 11.6. The molecule has 3 aromatic rings. The van der Waals surface area contributed by atoms with Crippen LogP contribution in [-0.4, -0.2) is 51.8 Å². The van der Waals surface area contributed by atoms with Crippen LogP contribution in [0.3, 0.4) is 0 Å². The Bertz CT molecular complexity index is 963. The van der Waals surface area contributed by atoms with Gasteiger partial charge in [-0.05, 0) is 58.0 Å². The first kappa shape index (κ1) is 21.5. The molecule has 0 bridgehead atoms. The number of thiazole rings is 1. The molecule has 1 aromatic carbocycles. The number of likely N-dealkylation sites (N-methyl/N-ethyl adjacent to an activating group) is 1. The zero-order valence-electron chi connectivity index (χ0n) is 18.3. The maximum atomic E-state index is 13.6. The molecule has 2 aromatic heterocycles. The Kier molecular flexibility index (Phi) is 6.70. The van der Waals surface area contributed by atoms with E-state index in [0.29, 0.717) is 18.8 Å². The van der Waals surface area contributed by atoms with E-state index in [4.69, 9.17) is 4.98 Å². The van der Waals surface area contributed by atoms with Gasteiger partial charge in [0, 0.05) is 19.6 Å². The largest absolute Gasteiger partial charge is 0.302 e. The van der Waals surface area contributed by atoms with Gasteiger partial charge in [0.05, 0.1) is 15.9 Å². The summed E-state index contributed by atoms with van der Waals surface area (Å²) < 4.78 is 2.94. The molecule has 156 valence electrons. The van der Waals surface area contributed by atoms with Gasteiger partial charge < -0.3 is 4.90 Å². The summed E-state index contributed by atoms with van der Waals surface area (Å²) in [5, 5.41) is 5.23. The molecule has 0 spiro atoms. The lowest BCUT2D eigenvalue weighted by Gasteiger charge is -2.24. The third-order valence-corrected chi connectivity index (χ3v) is 6.58. The van der Waals surface area contributed by atoms with Crippen LogP contribution in [0.4, 0.5) is 5.13 Å². The summed E-state index contributed by atoms with van der Waals surface area (Å²) in [5.74, 6) is -0.0334. The molecule has 0 aliphatic heterocycles. The van der Waals surface area contributed by atoms with E-state index in [1.807, 2.05) is 24.8 Å². The number of nitrogens with zero attached hydrogens (tertiary/aromatic N) is 5. The Balaban J connectivity index is 2.04. The number of anilines is 1. The van der Waals surface area contributed by atoms with E-state index in [0.717, 1.165) is 46.2 Å². The molecule has 0 saturated heterocycles. The molecule has 7 heteroatoms. The third kappa shape index (κ3) is 4.36. The van der Waals surface area contributed by atoms with Crippen molar-refractivity contribution in [1.29, 1.82) is 0 Å². The highest BCUT2D eigenvalue weighted by atomic mass is 32.1. The van der Waals surface area contributed by atoms with Crippen molar-refractivity contribution in [3.8, 4) is 0 Å². The molecule has 0 fully saturated rings. The molecule has 0 aliphatic rings. The number of aryl methyl sites for hydroxylation is 4. The van der Waals surface area contributed by atoms with Gasteiger partial charge in [0.15, 0.2) is 5.13 Å². The Labute approximate surface area is 177 Å². The van der Waals surface area contributed by atoms with Crippen molar-refractivity contribution in [3.05, 3.63) is 40.7 Å². The van der Waals surface area contributed by atoms with Crippen LogP contribution >= 0.6 is 11.3 Å². The lowest BCUT2D eigenvalue weighted by atomic mass is 10.1. The van der Waals surface area contributed by atoms with Crippen molar-refractivity contribution < 1.29 is 4.79 Å². The smallest absolute Gasteiger partial charge is 0.278 e. The van der Waals surface area contributed by atoms with Crippen LogP contribution in [-0.2, 0) is 6.54 Å². The number of carbonyl (C=O) groups is 1. The lowest BCUT2D eigenvalue weighted by Crippen LogP contribution is -2.39. The minimum atomic E-state index is -0.0334. The fourth-order valence-electron chi connectivity index (χ4n) is 3.53. The first-order valence-electron chi connectivity index (χ1n) is 10.3. The summed E-state index contributed by atoms with van der Waals surface area (Å²) in [6.45, 7) is 16.4. The van der Waals surface area contributed by atoms with E-state index in [2.05, 4.69) is 49.8 Å². The summed E-state index contributed by atoms with van der Waals surface area (Å²) in [6, 6.07) is 6.09. The summed E-state index contributed by atoms with van der Waals surface area (Å²) >= 11 is 1.60. The molecule has 2 heterocycles.